The maximum Gasteiger partial charge on any atom is 0.142 e. The number of anilines is 1. The largest absolute Gasteiger partial charge is 0.350 e. The van der Waals surface area contributed by atoms with Gasteiger partial charge in [0.25, 0.3) is 0 Å². The molecule has 0 bridgehead atoms. The van der Waals surface area contributed by atoms with E-state index in [9.17, 15) is 0 Å². The van der Waals surface area contributed by atoms with Crippen LogP contribution in [0.15, 0.2) is 23.2 Å². The van der Waals surface area contributed by atoms with Gasteiger partial charge < -0.3 is 9.80 Å². The summed E-state index contributed by atoms with van der Waals surface area (Å²) >= 11 is 1.95. The molecule has 2 aliphatic rings. The molecule has 0 aliphatic carbocycles. The minimum atomic E-state index is 0.655. The molecule has 1 unspecified atom stereocenters. The van der Waals surface area contributed by atoms with Gasteiger partial charge in [0.2, 0.25) is 0 Å². The van der Waals surface area contributed by atoms with Gasteiger partial charge in [0.05, 0.1) is 0 Å². The van der Waals surface area contributed by atoms with E-state index in [-0.39, 0.29) is 0 Å². The summed E-state index contributed by atoms with van der Waals surface area (Å²) < 4.78 is 0. The van der Waals surface area contributed by atoms with Crippen molar-refractivity contribution in [2.45, 2.75) is 17.4 Å². The predicted molar refractivity (Wildman–Crippen MR) is 68.2 cm³/mol. The Bertz CT molecular complexity index is 382. The van der Waals surface area contributed by atoms with Crippen molar-refractivity contribution in [3.63, 3.8) is 0 Å². The van der Waals surface area contributed by atoms with Crippen molar-refractivity contribution in [2.75, 3.05) is 37.3 Å². The van der Waals surface area contributed by atoms with Crippen molar-refractivity contribution >= 4 is 17.6 Å². The van der Waals surface area contributed by atoms with Gasteiger partial charge in [0.15, 0.2) is 0 Å². The van der Waals surface area contributed by atoms with Gasteiger partial charge in [-0.05, 0) is 25.6 Å². The number of pyridine rings is 1. The third kappa shape index (κ3) is 1.80. The molecule has 1 aromatic heterocycles. The van der Waals surface area contributed by atoms with E-state index in [2.05, 4.69) is 27.9 Å². The summed E-state index contributed by atoms with van der Waals surface area (Å²) in [5.41, 5.74) is 0. The molecule has 0 spiro atoms. The Kier molecular flexibility index (Phi) is 2.77. The average Bonchev–Trinajstić information content (AvgIpc) is 2.47. The van der Waals surface area contributed by atoms with Gasteiger partial charge in [-0.15, -0.1) is 11.8 Å². The zero-order chi connectivity index (χ0) is 11.0. The molecule has 1 saturated heterocycles. The van der Waals surface area contributed by atoms with E-state index in [4.69, 9.17) is 0 Å². The van der Waals surface area contributed by atoms with Gasteiger partial charge in [0.1, 0.15) is 5.82 Å². The Morgan fingerprint density at radius 3 is 3.31 bits per heavy atom. The average molecular weight is 235 g/mol. The van der Waals surface area contributed by atoms with E-state index >= 15 is 0 Å². The van der Waals surface area contributed by atoms with Crippen LogP contribution in [0, 0.1) is 0 Å². The van der Waals surface area contributed by atoms with Crippen LogP contribution in [-0.4, -0.2) is 48.4 Å². The number of hydrogen-bond donors (Lipinski definition) is 0. The van der Waals surface area contributed by atoms with Gasteiger partial charge in [-0.3, -0.25) is 0 Å². The quantitative estimate of drug-likeness (QED) is 0.681. The van der Waals surface area contributed by atoms with Crippen molar-refractivity contribution < 1.29 is 0 Å². The number of rotatable bonds is 0. The Hall–Kier alpha value is -0.740. The molecule has 4 heteroatoms. The molecule has 2 aliphatic heterocycles. The van der Waals surface area contributed by atoms with Gasteiger partial charge in [-0.25, -0.2) is 4.98 Å². The number of thioether (sulfide) groups is 1. The molecule has 3 heterocycles. The van der Waals surface area contributed by atoms with Crippen LogP contribution < -0.4 is 4.90 Å². The number of aromatic nitrogens is 1. The topological polar surface area (TPSA) is 19.4 Å². The number of hydrogen-bond acceptors (Lipinski definition) is 4. The molecule has 1 aromatic rings. The fourth-order valence-electron chi connectivity index (χ4n) is 2.55. The number of piperazine rings is 1. The smallest absolute Gasteiger partial charge is 0.142 e. The van der Waals surface area contributed by atoms with Crippen LogP contribution in [0.25, 0.3) is 0 Å². The molecule has 0 amide bonds. The number of nitrogens with zero attached hydrogens (tertiary/aromatic N) is 3. The summed E-state index contributed by atoms with van der Waals surface area (Å²) in [5.74, 6) is 2.43. The van der Waals surface area contributed by atoms with Crippen LogP contribution in [0.3, 0.4) is 0 Å². The normalized spacial score (nSPS) is 25.8. The van der Waals surface area contributed by atoms with Crippen molar-refractivity contribution in [1.29, 1.82) is 0 Å². The first kappa shape index (κ1) is 10.4. The van der Waals surface area contributed by atoms with E-state index in [1.807, 2.05) is 24.0 Å². The van der Waals surface area contributed by atoms with Crippen LogP contribution >= 0.6 is 11.8 Å². The first-order chi connectivity index (χ1) is 7.84. The molecule has 0 radical (unpaired) electrons. The second kappa shape index (κ2) is 4.26. The molecule has 3 rings (SSSR count). The molecule has 16 heavy (non-hydrogen) atoms. The highest BCUT2D eigenvalue weighted by molar-refractivity contribution is 7.99. The highest BCUT2D eigenvalue weighted by atomic mass is 32.2. The van der Waals surface area contributed by atoms with E-state index < -0.39 is 0 Å². The summed E-state index contributed by atoms with van der Waals surface area (Å²) in [6.45, 7) is 3.44. The lowest BCUT2D eigenvalue weighted by molar-refractivity contribution is 0.263. The Morgan fingerprint density at radius 2 is 2.38 bits per heavy atom. The lowest BCUT2D eigenvalue weighted by atomic mass is 10.1. The van der Waals surface area contributed by atoms with Crippen LogP contribution in [0.4, 0.5) is 5.82 Å². The lowest BCUT2D eigenvalue weighted by Crippen LogP contribution is -2.52. The zero-order valence-electron chi connectivity index (χ0n) is 9.59. The van der Waals surface area contributed by atoms with Crippen LogP contribution in [-0.2, 0) is 0 Å². The molecule has 0 saturated carbocycles. The van der Waals surface area contributed by atoms with E-state index in [0.29, 0.717) is 6.04 Å². The molecular weight excluding hydrogens is 218 g/mol. The molecule has 1 fully saturated rings. The van der Waals surface area contributed by atoms with E-state index in [1.54, 1.807) is 0 Å². The Labute approximate surface area is 101 Å². The fraction of sp³-hybridized carbons (Fsp3) is 0.583. The SMILES string of the molecule is CN1CCN2c3ncccc3SCCC2C1. The second-order valence-corrected chi connectivity index (χ2v) is 5.71. The van der Waals surface area contributed by atoms with Crippen molar-refractivity contribution in [3.8, 4) is 0 Å². The van der Waals surface area contributed by atoms with Gasteiger partial charge in [0, 0.05) is 42.5 Å². The van der Waals surface area contributed by atoms with Gasteiger partial charge in [-0.2, -0.15) is 0 Å². The van der Waals surface area contributed by atoms with Crippen molar-refractivity contribution in [2.24, 2.45) is 0 Å². The summed E-state index contributed by atoms with van der Waals surface area (Å²) in [7, 11) is 2.22. The van der Waals surface area contributed by atoms with Gasteiger partial charge >= 0.3 is 0 Å². The minimum Gasteiger partial charge on any atom is -0.350 e. The molecular formula is C12H17N3S. The lowest BCUT2D eigenvalue weighted by Gasteiger charge is -2.40. The zero-order valence-corrected chi connectivity index (χ0v) is 10.4. The molecule has 0 aromatic carbocycles. The van der Waals surface area contributed by atoms with Crippen molar-refractivity contribution in [3.05, 3.63) is 18.3 Å². The maximum absolute atomic E-state index is 4.58. The Morgan fingerprint density at radius 1 is 1.44 bits per heavy atom. The standard InChI is InChI=1S/C12H17N3S/c1-14-6-7-15-10(9-14)4-8-16-11-3-2-5-13-12(11)15/h2-3,5,10H,4,6-9H2,1H3. The summed E-state index contributed by atoms with van der Waals surface area (Å²) in [6, 6.07) is 4.90. The molecule has 3 nitrogen and oxygen atoms in total. The molecule has 86 valence electrons. The summed E-state index contributed by atoms with van der Waals surface area (Å²) in [4.78, 5) is 10.9. The fourth-order valence-corrected chi connectivity index (χ4v) is 3.64. The third-order valence-corrected chi connectivity index (χ3v) is 4.49. The van der Waals surface area contributed by atoms with Crippen molar-refractivity contribution in [1.82, 2.24) is 9.88 Å². The molecule has 0 N–H and O–H groups in total. The maximum atomic E-state index is 4.58. The molecule has 1 atom stereocenters. The van der Waals surface area contributed by atoms with Gasteiger partial charge in [-0.1, -0.05) is 0 Å². The minimum absolute atomic E-state index is 0.655. The van der Waals surface area contributed by atoms with E-state index in [1.165, 1.54) is 29.4 Å². The first-order valence-electron chi connectivity index (χ1n) is 5.87. The Balaban J connectivity index is 1.95. The van der Waals surface area contributed by atoms with Crippen LogP contribution in [0.2, 0.25) is 0 Å². The van der Waals surface area contributed by atoms with E-state index in [0.717, 1.165) is 13.1 Å². The highest BCUT2D eigenvalue weighted by Gasteiger charge is 2.29. The predicted octanol–water partition coefficient (Wildman–Crippen LogP) is 1.70. The van der Waals surface area contributed by atoms with Crippen LogP contribution in [0.5, 0.6) is 0 Å². The summed E-state index contributed by atoms with van der Waals surface area (Å²) in [5, 5.41) is 0. The second-order valence-electron chi connectivity index (χ2n) is 4.57. The number of fused-ring (bicyclic) bond motifs is 3. The first-order valence-corrected chi connectivity index (χ1v) is 6.86. The third-order valence-electron chi connectivity index (χ3n) is 3.42. The van der Waals surface area contributed by atoms with Crippen LogP contribution in [0.1, 0.15) is 6.42 Å². The monoisotopic (exact) mass is 235 g/mol. The summed E-state index contributed by atoms with van der Waals surface area (Å²) in [6.07, 6.45) is 3.19. The number of likely N-dealkylation sites (N-methyl/N-ethyl adjacent to an activating group) is 1. The highest BCUT2D eigenvalue weighted by Crippen LogP contribution is 2.35.